The average molecular weight is 483 g/mol. The third-order valence-corrected chi connectivity index (χ3v) is 9.96. The Labute approximate surface area is 205 Å². The van der Waals surface area contributed by atoms with E-state index in [1.54, 1.807) is 6.20 Å². The van der Waals surface area contributed by atoms with Crippen molar-refractivity contribution < 1.29 is 24.4 Å². The highest BCUT2D eigenvalue weighted by Crippen LogP contribution is 2.70. The lowest BCUT2D eigenvalue weighted by molar-refractivity contribution is -0.309. The summed E-state index contributed by atoms with van der Waals surface area (Å²) in [6, 6.07) is 3.47. The number of halogens is 1. The van der Waals surface area contributed by atoms with Crippen LogP contribution in [0.1, 0.15) is 44.6 Å². The Hall–Kier alpha value is -1.90. The van der Waals surface area contributed by atoms with Gasteiger partial charge in [-0.25, -0.2) is 4.39 Å². The summed E-state index contributed by atoms with van der Waals surface area (Å²) in [5.41, 5.74) is -1.98. The van der Waals surface area contributed by atoms with Crippen LogP contribution in [-0.2, 0) is 4.74 Å². The SMILES string of the molecule is CN(C)C1CC23CCC4(O2)C(=CCC2(C)C(C=Cc5cccnc5)=CCC24)C(O)C3(F)C(O)C1O. The third-order valence-electron chi connectivity index (χ3n) is 9.96. The van der Waals surface area contributed by atoms with Crippen LogP contribution in [0.4, 0.5) is 4.39 Å². The average Bonchev–Trinajstić information content (AvgIpc) is 3.37. The molecular formula is C28H35FN2O4. The summed E-state index contributed by atoms with van der Waals surface area (Å²) in [5, 5.41) is 33.3. The van der Waals surface area contributed by atoms with Crippen molar-refractivity contribution in [1.29, 1.82) is 0 Å². The molecule has 2 spiro atoms. The molecule has 3 N–H and O–H groups in total. The number of allylic oxidation sites excluding steroid dienone is 4. The maximum Gasteiger partial charge on any atom is 0.197 e. The molecule has 2 bridgehead atoms. The highest BCUT2D eigenvalue weighted by Gasteiger charge is 2.79. The summed E-state index contributed by atoms with van der Waals surface area (Å²) < 4.78 is 23.8. The van der Waals surface area contributed by atoms with E-state index in [-0.39, 0.29) is 17.8 Å². The van der Waals surface area contributed by atoms with Gasteiger partial charge in [0.05, 0.1) is 11.7 Å². The third kappa shape index (κ3) is 2.85. The van der Waals surface area contributed by atoms with Gasteiger partial charge in [-0.2, -0.15) is 0 Å². The van der Waals surface area contributed by atoms with Gasteiger partial charge in [0.15, 0.2) is 5.67 Å². The van der Waals surface area contributed by atoms with E-state index >= 15 is 4.39 Å². The van der Waals surface area contributed by atoms with Crippen LogP contribution in [0, 0.1) is 11.3 Å². The fourth-order valence-electron chi connectivity index (χ4n) is 8.03. The van der Waals surface area contributed by atoms with Gasteiger partial charge >= 0.3 is 0 Å². The van der Waals surface area contributed by atoms with Gasteiger partial charge in [0.2, 0.25) is 0 Å². The smallest absolute Gasteiger partial charge is 0.197 e. The minimum Gasteiger partial charge on any atom is -0.389 e. The molecule has 7 heteroatoms. The summed E-state index contributed by atoms with van der Waals surface area (Å²) in [6.07, 6.45) is 10.1. The molecule has 6 nitrogen and oxygen atoms in total. The Balaban J connectivity index is 1.39. The molecular weight excluding hydrogens is 447 g/mol. The zero-order valence-corrected chi connectivity index (χ0v) is 20.6. The highest BCUT2D eigenvalue weighted by molar-refractivity contribution is 5.55. The van der Waals surface area contributed by atoms with Crippen LogP contribution >= 0.6 is 0 Å². The van der Waals surface area contributed by atoms with Crippen LogP contribution in [0.3, 0.4) is 0 Å². The van der Waals surface area contributed by atoms with Gasteiger partial charge in [-0.15, -0.1) is 0 Å². The van der Waals surface area contributed by atoms with E-state index in [0.717, 1.165) is 12.0 Å². The first kappa shape index (κ1) is 23.5. The monoisotopic (exact) mass is 482 g/mol. The molecule has 3 heterocycles. The van der Waals surface area contributed by atoms with Gasteiger partial charge in [0.1, 0.15) is 17.8 Å². The van der Waals surface area contributed by atoms with Crippen LogP contribution < -0.4 is 0 Å². The topological polar surface area (TPSA) is 86.1 Å². The predicted molar refractivity (Wildman–Crippen MR) is 130 cm³/mol. The molecule has 188 valence electrons. The van der Waals surface area contributed by atoms with Crippen molar-refractivity contribution >= 4 is 6.08 Å². The van der Waals surface area contributed by atoms with Crippen LogP contribution in [0.15, 0.2) is 53.9 Å². The number of ether oxygens (including phenoxy) is 1. The van der Waals surface area contributed by atoms with E-state index < -0.39 is 41.2 Å². The highest BCUT2D eigenvalue weighted by atomic mass is 19.1. The number of nitrogens with zero attached hydrogens (tertiary/aromatic N) is 2. The van der Waals surface area contributed by atoms with Crippen LogP contribution in [-0.4, -0.2) is 80.5 Å². The molecule has 1 saturated carbocycles. The Morgan fingerprint density at radius 3 is 2.69 bits per heavy atom. The van der Waals surface area contributed by atoms with E-state index in [1.165, 1.54) is 5.57 Å². The molecule has 35 heavy (non-hydrogen) atoms. The Bertz CT molecular complexity index is 1120. The number of aromatic nitrogens is 1. The molecule has 0 amide bonds. The number of likely N-dealkylation sites (N-methyl/N-ethyl adjacent to an activating group) is 1. The number of hydrogen-bond acceptors (Lipinski definition) is 6. The van der Waals surface area contributed by atoms with Crippen molar-refractivity contribution in [2.24, 2.45) is 11.3 Å². The van der Waals surface area contributed by atoms with E-state index in [9.17, 15) is 15.3 Å². The fraction of sp³-hybridized carbons (Fsp3) is 0.607. The molecule has 1 aromatic rings. The molecule has 0 radical (unpaired) electrons. The molecule has 3 fully saturated rings. The van der Waals surface area contributed by atoms with Gasteiger partial charge in [-0.05, 0) is 69.0 Å². The fourth-order valence-corrected chi connectivity index (χ4v) is 8.03. The lowest BCUT2D eigenvalue weighted by Gasteiger charge is -2.62. The van der Waals surface area contributed by atoms with E-state index in [2.05, 4.69) is 30.1 Å². The zero-order valence-electron chi connectivity index (χ0n) is 20.6. The van der Waals surface area contributed by atoms with Gasteiger partial charge in [0.25, 0.3) is 0 Å². The zero-order chi connectivity index (χ0) is 24.8. The first-order valence-electron chi connectivity index (χ1n) is 12.7. The van der Waals surface area contributed by atoms with Crippen molar-refractivity contribution in [2.45, 2.75) is 80.3 Å². The van der Waals surface area contributed by atoms with Gasteiger partial charge in [-0.1, -0.05) is 37.3 Å². The maximum atomic E-state index is 16.9. The number of alkyl halides is 1. The second kappa shape index (κ2) is 7.56. The molecule has 9 atom stereocenters. The normalized spacial score (nSPS) is 48.4. The first-order valence-corrected chi connectivity index (χ1v) is 12.7. The van der Waals surface area contributed by atoms with E-state index in [0.29, 0.717) is 24.8 Å². The molecule has 3 aliphatic carbocycles. The summed E-state index contributed by atoms with van der Waals surface area (Å²) >= 11 is 0. The summed E-state index contributed by atoms with van der Waals surface area (Å²) in [7, 11) is 3.63. The molecule has 1 aromatic heterocycles. The Morgan fingerprint density at radius 1 is 1.17 bits per heavy atom. The van der Waals surface area contributed by atoms with E-state index in [4.69, 9.17) is 4.74 Å². The van der Waals surface area contributed by atoms with Crippen molar-refractivity contribution in [1.82, 2.24) is 9.88 Å². The lowest BCUT2D eigenvalue weighted by atomic mass is 9.56. The van der Waals surface area contributed by atoms with Crippen LogP contribution in [0.2, 0.25) is 0 Å². The number of fused-ring (bicyclic) bond motifs is 1. The lowest BCUT2D eigenvalue weighted by Crippen LogP contribution is -2.78. The quantitative estimate of drug-likeness (QED) is 0.575. The minimum atomic E-state index is -2.45. The van der Waals surface area contributed by atoms with Gasteiger partial charge < -0.3 is 25.0 Å². The second-order valence-corrected chi connectivity index (χ2v) is 11.7. The molecule has 2 aliphatic heterocycles. The predicted octanol–water partition coefficient (Wildman–Crippen LogP) is 2.80. The Kier molecular flexibility index (Phi) is 5.07. The molecule has 2 saturated heterocycles. The summed E-state index contributed by atoms with van der Waals surface area (Å²) in [4.78, 5) is 6.01. The number of rotatable bonds is 3. The van der Waals surface area contributed by atoms with Crippen molar-refractivity contribution in [3.05, 3.63) is 59.5 Å². The standard InChI is InChI=1S/C28H35FN2O4/c1-25-11-10-19-23(33)28(29)24(34)22(32)20(31(2)3)15-26(28)12-13-27(19,35-26)21(25)9-8-18(25)7-6-17-5-4-14-30-16-17/h4-8,10,14,16,20-24,32-34H,9,11-13,15H2,1-3H3. The molecule has 5 aliphatic rings. The number of pyridine rings is 1. The maximum absolute atomic E-state index is 16.9. The largest absolute Gasteiger partial charge is 0.389 e. The second-order valence-electron chi connectivity index (χ2n) is 11.7. The first-order chi connectivity index (χ1) is 16.6. The number of aliphatic hydroxyl groups is 3. The summed E-state index contributed by atoms with van der Waals surface area (Å²) in [6.45, 7) is 2.24. The molecule has 0 aromatic carbocycles. The van der Waals surface area contributed by atoms with Gasteiger partial charge in [-0.3, -0.25) is 4.98 Å². The summed E-state index contributed by atoms with van der Waals surface area (Å²) in [5.74, 6) is 0.0592. The van der Waals surface area contributed by atoms with Crippen molar-refractivity contribution in [2.75, 3.05) is 14.1 Å². The van der Waals surface area contributed by atoms with Gasteiger partial charge in [0, 0.05) is 29.8 Å². The Morgan fingerprint density at radius 2 is 1.97 bits per heavy atom. The molecule has 6 rings (SSSR count). The van der Waals surface area contributed by atoms with Crippen molar-refractivity contribution in [3.8, 4) is 0 Å². The van der Waals surface area contributed by atoms with Crippen LogP contribution in [0.5, 0.6) is 0 Å². The van der Waals surface area contributed by atoms with Crippen LogP contribution in [0.25, 0.3) is 6.08 Å². The number of aliphatic hydroxyl groups excluding tert-OH is 3. The molecule has 9 unspecified atom stereocenters. The minimum absolute atomic E-state index is 0.0592. The van der Waals surface area contributed by atoms with Crippen molar-refractivity contribution in [3.63, 3.8) is 0 Å². The van der Waals surface area contributed by atoms with E-state index in [1.807, 2.05) is 43.4 Å². The number of hydrogen-bond donors (Lipinski definition) is 3.